The third kappa shape index (κ3) is 3.12. The maximum Gasteiger partial charge on any atom is 0.144 e. The quantitative estimate of drug-likeness (QED) is 0.552. The molecule has 20 heavy (non-hydrogen) atoms. The highest BCUT2D eigenvalue weighted by Gasteiger charge is 2.53. The normalized spacial score (nSPS) is 33.4. The summed E-state index contributed by atoms with van der Waals surface area (Å²) in [5.74, 6) is 0.546. The molecule has 3 aliphatic carbocycles. The Bertz CT molecular complexity index is 323. The van der Waals surface area contributed by atoms with E-state index in [1.165, 1.54) is 70.6 Å². The number of hydrogen-bond acceptors (Lipinski definition) is 1. The fourth-order valence-corrected chi connectivity index (χ4v) is 4.70. The average molecular weight is 278 g/mol. The molecule has 0 aliphatic heterocycles. The van der Waals surface area contributed by atoms with Crippen molar-refractivity contribution in [3.8, 4) is 0 Å². The van der Waals surface area contributed by atoms with Crippen molar-refractivity contribution in [3.63, 3.8) is 0 Å². The van der Waals surface area contributed by atoms with Gasteiger partial charge in [0.1, 0.15) is 5.78 Å². The molecule has 1 heteroatoms. The van der Waals surface area contributed by atoms with Crippen molar-refractivity contribution in [2.75, 3.05) is 0 Å². The number of carbonyl (C=O) groups is 1. The molecule has 0 aromatic carbocycles. The Morgan fingerprint density at radius 1 is 0.900 bits per heavy atom. The van der Waals surface area contributed by atoms with Gasteiger partial charge in [-0.25, -0.2) is 0 Å². The van der Waals surface area contributed by atoms with Gasteiger partial charge in [-0.15, -0.1) is 0 Å². The fraction of sp³-hybridized carbons (Fsp3) is 0.947. The number of fused-ring (bicyclic) bond motifs is 3. The minimum Gasteiger partial charge on any atom is -0.298 e. The molecule has 0 spiro atoms. The first-order valence-corrected chi connectivity index (χ1v) is 8.89. The van der Waals surface area contributed by atoms with Crippen molar-refractivity contribution in [2.45, 2.75) is 98.3 Å². The lowest BCUT2D eigenvalue weighted by Gasteiger charge is -2.54. The number of Topliss-reactive ketones (excluding diaryl/α,β-unsaturated/α-hetero) is 1. The molecule has 0 aromatic heterocycles. The number of unbranched alkanes of at least 4 members (excludes halogenated alkanes) is 3. The number of rotatable bonds is 6. The van der Waals surface area contributed by atoms with E-state index in [0.717, 1.165) is 0 Å². The molecule has 0 saturated heterocycles. The summed E-state index contributed by atoms with van der Waals surface area (Å²) >= 11 is 0. The molecule has 0 unspecified atom stereocenters. The maximum atomic E-state index is 12.8. The molecule has 0 N–H and O–H groups in total. The SMILES string of the molecule is CCCCCCC12CCC(C(=O)C(C)(C)C)(CC1)CC2. The third-order valence-electron chi connectivity index (χ3n) is 6.13. The maximum absolute atomic E-state index is 12.8. The molecule has 3 rings (SSSR count). The fourth-order valence-electron chi connectivity index (χ4n) is 4.70. The molecule has 0 heterocycles. The summed E-state index contributed by atoms with van der Waals surface area (Å²) in [6.45, 7) is 8.59. The van der Waals surface area contributed by atoms with Gasteiger partial charge in [-0.1, -0.05) is 53.4 Å². The zero-order valence-corrected chi connectivity index (χ0v) is 14.2. The Balaban J connectivity index is 1.92. The van der Waals surface area contributed by atoms with Crippen LogP contribution in [-0.4, -0.2) is 5.78 Å². The van der Waals surface area contributed by atoms with Crippen molar-refractivity contribution < 1.29 is 4.79 Å². The van der Waals surface area contributed by atoms with E-state index in [1.54, 1.807) is 0 Å². The Labute approximate surface area is 125 Å². The highest BCUT2D eigenvalue weighted by Crippen LogP contribution is 2.60. The number of ketones is 1. The van der Waals surface area contributed by atoms with E-state index in [4.69, 9.17) is 0 Å². The number of carbonyl (C=O) groups excluding carboxylic acids is 1. The van der Waals surface area contributed by atoms with E-state index in [1.807, 2.05) is 0 Å². The van der Waals surface area contributed by atoms with Crippen LogP contribution in [0.5, 0.6) is 0 Å². The highest BCUT2D eigenvalue weighted by molar-refractivity contribution is 5.89. The smallest absolute Gasteiger partial charge is 0.144 e. The van der Waals surface area contributed by atoms with E-state index in [2.05, 4.69) is 27.7 Å². The highest BCUT2D eigenvalue weighted by atomic mass is 16.1. The van der Waals surface area contributed by atoms with E-state index < -0.39 is 0 Å². The van der Waals surface area contributed by atoms with Crippen LogP contribution in [0, 0.1) is 16.2 Å². The Kier molecular flexibility index (Phi) is 4.66. The Morgan fingerprint density at radius 3 is 1.90 bits per heavy atom. The van der Waals surface area contributed by atoms with Gasteiger partial charge in [0.05, 0.1) is 0 Å². The summed E-state index contributed by atoms with van der Waals surface area (Å²) in [5.41, 5.74) is 0.523. The molecular formula is C19H34O. The lowest BCUT2D eigenvalue weighted by molar-refractivity contribution is -0.146. The van der Waals surface area contributed by atoms with Gasteiger partial charge in [0.25, 0.3) is 0 Å². The van der Waals surface area contributed by atoms with Gasteiger partial charge in [0, 0.05) is 10.8 Å². The van der Waals surface area contributed by atoms with Crippen LogP contribution in [0.15, 0.2) is 0 Å². The van der Waals surface area contributed by atoms with Crippen LogP contribution in [0.1, 0.15) is 98.3 Å². The standard InChI is InChI=1S/C19H34O/c1-5-6-7-8-9-18-10-13-19(14-11-18,15-12-18)16(20)17(2,3)4/h5-15H2,1-4H3. The molecule has 0 amide bonds. The van der Waals surface area contributed by atoms with E-state index in [9.17, 15) is 4.79 Å². The van der Waals surface area contributed by atoms with Crippen LogP contribution in [-0.2, 0) is 4.79 Å². The van der Waals surface area contributed by atoms with Gasteiger partial charge in [0.15, 0.2) is 0 Å². The Morgan fingerprint density at radius 2 is 1.45 bits per heavy atom. The van der Waals surface area contributed by atoms with Gasteiger partial charge in [-0.2, -0.15) is 0 Å². The predicted molar refractivity (Wildman–Crippen MR) is 85.8 cm³/mol. The number of hydrogen-bond donors (Lipinski definition) is 0. The lowest BCUT2D eigenvalue weighted by Crippen LogP contribution is -2.49. The molecule has 3 aliphatic rings. The van der Waals surface area contributed by atoms with Crippen molar-refractivity contribution >= 4 is 5.78 Å². The van der Waals surface area contributed by atoms with Gasteiger partial charge in [-0.3, -0.25) is 4.79 Å². The molecule has 0 atom stereocenters. The molecule has 0 aromatic rings. The monoisotopic (exact) mass is 278 g/mol. The Hall–Kier alpha value is -0.330. The summed E-state index contributed by atoms with van der Waals surface area (Å²) in [6.07, 6.45) is 14.5. The minimum atomic E-state index is -0.154. The molecule has 116 valence electrons. The minimum absolute atomic E-state index is 0.0589. The summed E-state index contributed by atoms with van der Waals surface area (Å²) in [7, 11) is 0. The van der Waals surface area contributed by atoms with Crippen LogP contribution in [0.4, 0.5) is 0 Å². The summed E-state index contributed by atoms with van der Waals surface area (Å²) in [4.78, 5) is 12.8. The molecule has 2 bridgehead atoms. The van der Waals surface area contributed by atoms with Crippen LogP contribution >= 0.6 is 0 Å². The first-order chi connectivity index (χ1) is 9.34. The van der Waals surface area contributed by atoms with Crippen LogP contribution < -0.4 is 0 Å². The summed E-state index contributed by atoms with van der Waals surface area (Å²) in [6, 6.07) is 0. The average Bonchev–Trinajstić information content (AvgIpc) is 2.44. The van der Waals surface area contributed by atoms with E-state index in [-0.39, 0.29) is 10.8 Å². The second kappa shape index (κ2) is 5.81. The van der Waals surface area contributed by atoms with E-state index >= 15 is 0 Å². The van der Waals surface area contributed by atoms with Crippen LogP contribution in [0.2, 0.25) is 0 Å². The lowest BCUT2D eigenvalue weighted by atomic mass is 9.49. The first kappa shape index (κ1) is 16.0. The molecule has 3 fully saturated rings. The second-order valence-electron chi connectivity index (χ2n) is 8.67. The zero-order valence-electron chi connectivity index (χ0n) is 14.2. The van der Waals surface area contributed by atoms with Crippen molar-refractivity contribution in [3.05, 3.63) is 0 Å². The zero-order chi connectivity index (χ0) is 14.9. The molecular weight excluding hydrogens is 244 g/mol. The second-order valence-corrected chi connectivity index (χ2v) is 8.67. The largest absolute Gasteiger partial charge is 0.298 e. The van der Waals surface area contributed by atoms with E-state index in [0.29, 0.717) is 11.2 Å². The van der Waals surface area contributed by atoms with Gasteiger partial charge in [0.2, 0.25) is 0 Å². The summed E-state index contributed by atoms with van der Waals surface area (Å²) in [5, 5.41) is 0. The van der Waals surface area contributed by atoms with Gasteiger partial charge in [-0.05, 0) is 50.4 Å². The van der Waals surface area contributed by atoms with Gasteiger partial charge >= 0.3 is 0 Å². The van der Waals surface area contributed by atoms with Gasteiger partial charge < -0.3 is 0 Å². The van der Waals surface area contributed by atoms with Crippen molar-refractivity contribution in [2.24, 2.45) is 16.2 Å². The topological polar surface area (TPSA) is 17.1 Å². The van der Waals surface area contributed by atoms with Crippen molar-refractivity contribution in [1.82, 2.24) is 0 Å². The first-order valence-electron chi connectivity index (χ1n) is 8.89. The molecule has 3 saturated carbocycles. The molecule has 1 nitrogen and oxygen atoms in total. The summed E-state index contributed by atoms with van der Waals surface area (Å²) < 4.78 is 0. The van der Waals surface area contributed by atoms with Crippen molar-refractivity contribution in [1.29, 1.82) is 0 Å². The third-order valence-corrected chi connectivity index (χ3v) is 6.13. The predicted octanol–water partition coefficient (Wildman–Crippen LogP) is 5.91. The molecule has 0 radical (unpaired) electrons. The van der Waals surface area contributed by atoms with Crippen LogP contribution in [0.25, 0.3) is 0 Å². The van der Waals surface area contributed by atoms with Crippen LogP contribution in [0.3, 0.4) is 0 Å².